The molecular weight excluding hydrogens is 271 g/mol. The minimum Gasteiger partial charge on any atom is -0.322 e. The van der Waals surface area contributed by atoms with Crippen molar-refractivity contribution in [3.05, 3.63) is 53.1 Å². The molecule has 2 rings (SSSR count). The van der Waals surface area contributed by atoms with Gasteiger partial charge in [-0.3, -0.25) is 15.6 Å². The zero-order valence-corrected chi connectivity index (χ0v) is 10.4. The fourth-order valence-electron chi connectivity index (χ4n) is 1.49. The summed E-state index contributed by atoms with van der Waals surface area (Å²) in [5, 5.41) is 2.68. The number of nitrogens with one attached hydrogen (secondary N) is 2. The molecule has 0 spiro atoms. The van der Waals surface area contributed by atoms with Gasteiger partial charge in [0, 0.05) is 6.20 Å². The minimum absolute atomic E-state index is 0.115. The van der Waals surface area contributed by atoms with Gasteiger partial charge in [-0.1, -0.05) is 11.6 Å². The van der Waals surface area contributed by atoms with Crippen LogP contribution in [0.5, 0.6) is 0 Å². The summed E-state index contributed by atoms with van der Waals surface area (Å²) < 4.78 is 12.9. The van der Waals surface area contributed by atoms with Crippen molar-refractivity contribution in [2.24, 2.45) is 5.84 Å². The Labute approximate surface area is 113 Å². The maximum atomic E-state index is 12.9. The van der Waals surface area contributed by atoms with E-state index in [0.717, 1.165) is 6.07 Å². The normalized spacial score (nSPS) is 10.1. The summed E-state index contributed by atoms with van der Waals surface area (Å²) in [4.78, 5) is 15.9. The molecule has 4 N–H and O–H groups in total. The third-order valence-corrected chi connectivity index (χ3v) is 2.71. The van der Waals surface area contributed by atoms with E-state index in [2.05, 4.69) is 15.7 Å². The number of carbonyl (C=O) groups is 1. The molecule has 0 unspecified atom stereocenters. The van der Waals surface area contributed by atoms with Crippen LogP contribution in [0.4, 0.5) is 15.8 Å². The van der Waals surface area contributed by atoms with Crippen LogP contribution in [0.1, 0.15) is 10.4 Å². The number of rotatable bonds is 3. The number of anilines is 2. The molecule has 0 aliphatic heterocycles. The van der Waals surface area contributed by atoms with Crippen molar-refractivity contribution in [2.75, 3.05) is 10.7 Å². The number of pyridine rings is 1. The standard InChI is InChI=1S/C12H10ClFN4O/c13-9-5-7(14)1-2-10(9)17-12(19)8-3-4-16-6-11(8)18-15/h1-6,18H,15H2,(H,17,19). The average molecular weight is 281 g/mol. The number of halogens is 2. The molecule has 0 fully saturated rings. The van der Waals surface area contributed by atoms with Gasteiger partial charge in [0.1, 0.15) is 5.82 Å². The van der Waals surface area contributed by atoms with Crippen molar-refractivity contribution in [3.63, 3.8) is 0 Å². The lowest BCUT2D eigenvalue weighted by molar-refractivity contribution is 0.102. The van der Waals surface area contributed by atoms with E-state index >= 15 is 0 Å². The second kappa shape index (κ2) is 5.64. The SMILES string of the molecule is NNc1cnccc1C(=O)Nc1ccc(F)cc1Cl. The van der Waals surface area contributed by atoms with E-state index in [-0.39, 0.29) is 5.02 Å². The van der Waals surface area contributed by atoms with Crippen LogP contribution in [-0.4, -0.2) is 10.9 Å². The maximum Gasteiger partial charge on any atom is 0.257 e. The Hall–Kier alpha value is -2.18. The van der Waals surface area contributed by atoms with Crippen molar-refractivity contribution in [3.8, 4) is 0 Å². The molecule has 7 heteroatoms. The number of amides is 1. The van der Waals surface area contributed by atoms with Crippen molar-refractivity contribution in [1.82, 2.24) is 4.98 Å². The predicted octanol–water partition coefficient (Wildman–Crippen LogP) is 2.41. The molecule has 0 saturated heterocycles. The van der Waals surface area contributed by atoms with Gasteiger partial charge < -0.3 is 10.7 Å². The summed E-state index contributed by atoms with van der Waals surface area (Å²) in [6.45, 7) is 0. The highest BCUT2D eigenvalue weighted by Gasteiger charge is 2.12. The smallest absolute Gasteiger partial charge is 0.257 e. The zero-order chi connectivity index (χ0) is 13.8. The lowest BCUT2D eigenvalue weighted by Crippen LogP contribution is -2.17. The first-order valence-electron chi connectivity index (χ1n) is 5.29. The predicted molar refractivity (Wildman–Crippen MR) is 71.4 cm³/mol. The molecule has 19 heavy (non-hydrogen) atoms. The van der Waals surface area contributed by atoms with Crippen LogP contribution in [-0.2, 0) is 0 Å². The highest BCUT2D eigenvalue weighted by molar-refractivity contribution is 6.34. The van der Waals surface area contributed by atoms with Crippen molar-refractivity contribution in [1.29, 1.82) is 0 Å². The lowest BCUT2D eigenvalue weighted by Gasteiger charge is -2.10. The number of carbonyl (C=O) groups excluding carboxylic acids is 1. The second-order valence-corrected chi connectivity index (χ2v) is 4.05. The van der Waals surface area contributed by atoms with E-state index in [9.17, 15) is 9.18 Å². The number of hydrazine groups is 1. The van der Waals surface area contributed by atoms with Gasteiger partial charge in [0.25, 0.3) is 5.91 Å². The monoisotopic (exact) mass is 280 g/mol. The topological polar surface area (TPSA) is 80.0 Å². The van der Waals surface area contributed by atoms with Gasteiger partial charge in [0.2, 0.25) is 0 Å². The Morgan fingerprint density at radius 2 is 2.11 bits per heavy atom. The van der Waals surface area contributed by atoms with Gasteiger partial charge in [-0.25, -0.2) is 4.39 Å². The molecule has 0 radical (unpaired) electrons. The lowest BCUT2D eigenvalue weighted by atomic mass is 10.2. The molecule has 0 saturated carbocycles. The van der Waals surface area contributed by atoms with Crippen LogP contribution in [0.3, 0.4) is 0 Å². The minimum atomic E-state index is -0.476. The number of nitrogens with two attached hydrogens (primary N) is 1. The summed E-state index contributed by atoms with van der Waals surface area (Å²) in [6, 6.07) is 5.20. The largest absolute Gasteiger partial charge is 0.322 e. The highest BCUT2D eigenvalue weighted by Crippen LogP contribution is 2.23. The van der Waals surface area contributed by atoms with Crippen LogP contribution in [0.25, 0.3) is 0 Å². The summed E-state index contributed by atoms with van der Waals surface area (Å²) in [5.74, 6) is 4.38. The molecular formula is C12H10ClFN4O. The molecule has 5 nitrogen and oxygen atoms in total. The fraction of sp³-hybridized carbons (Fsp3) is 0. The second-order valence-electron chi connectivity index (χ2n) is 3.64. The molecule has 0 atom stereocenters. The van der Waals surface area contributed by atoms with Crippen molar-refractivity contribution >= 4 is 28.9 Å². The Morgan fingerprint density at radius 3 is 2.79 bits per heavy atom. The Bertz CT molecular complexity index is 620. The zero-order valence-electron chi connectivity index (χ0n) is 9.65. The van der Waals surface area contributed by atoms with E-state index in [1.165, 1.54) is 30.6 Å². The van der Waals surface area contributed by atoms with E-state index in [1.807, 2.05) is 0 Å². The molecule has 1 amide bonds. The highest BCUT2D eigenvalue weighted by atomic mass is 35.5. The van der Waals surface area contributed by atoms with E-state index in [4.69, 9.17) is 17.4 Å². The van der Waals surface area contributed by atoms with Gasteiger partial charge in [-0.2, -0.15) is 0 Å². The van der Waals surface area contributed by atoms with Crippen LogP contribution >= 0.6 is 11.6 Å². The number of aromatic nitrogens is 1. The molecule has 0 aliphatic carbocycles. The van der Waals surface area contributed by atoms with Crippen LogP contribution in [0, 0.1) is 5.82 Å². The molecule has 1 aromatic carbocycles. The van der Waals surface area contributed by atoms with Crippen molar-refractivity contribution < 1.29 is 9.18 Å². The number of hydrogen-bond donors (Lipinski definition) is 3. The average Bonchev–Trinajstić information content (AvgIpc) is 2.41. The Balaban J connectivity index is 2.26. The summed E-state index contributed by atoms with van der Waals surface area (Å²) in [6.07, 6.45) is 2.88. The van der Waals surface area contributed by atoms with Gasteiger partial charge >= 0.3 is 0 Å². The van der Waals surface area contributed by atoms with Gasteiger partial charge in [-0.05, 0) is 24.3 Å². The summed E-state index contributed by atoms with van der Waals surface area (Å²) in [5.41, 5.74) is 3.36. The van der Waals surface area contributed by atoms with Crippen LogP contribution in [0.2, 0.25) is 5.02 Å². The van der Waals surface area contributed by atoms with Crippen LogP contribution < -0.4 is 16.6 Å². The first-order valence-corrected chi connectivity index (χ1v) is 5.66. The number of nitrogen functional groups attached to an aromatic ring is 1. The maximum absolute atomic E-state index is 12.9. The third kappa shape index (κ3) is 2.98. The van der Waals surface area contributed by atoms with E-state index in [0.29, 0.717) is 16.9 Å². The van der Waals surface area contributed by atoms with Gasteiger partial charge in [-0.15, -0.1) is 0 Å². The fourth-order valence-corrected chi connectivity index (χ4v) is 1.70. The first-order chi connectivity index (χ1) is 9.11. The summed E-state index contributed by atoms with van der Waals surface area (Å²) >= 11 is 5.83. The molecule has 0 bridgehead atoms. The molecule has 1 aromatic heterocycles. The Morgan fingerprint density at radius 1 is 1.32 bits per heavy atom. The van der Waals surface area contributed by atoms with Gasteiger partial charge in [0.05, 0.1) is 28.2 Å². The molecule has 0 aliphatic rings. The third-order valence-electron chi connectivity index (χ3n) is 2.40. The Kier molecular flexibility index (Phi) is 3.94. The number of nitrogens with zero attached hydrogens (tertiary/aromatic N) is 1. The van der Waals surface area contributed by atoms with E-state index in [1.54, 1.807) is 0 Å². The molecule has 2 aromatic rings. The summed E-state index contributed by atoms with van der Waals surface area (Å²) in [7, 11) is 0. The van der Waals surface area contributed by atoms with Crippen molar-refractivity contribution in [2.45, 2.75) is 0 Å². The number of benzene rings is 1. The number of hydrogen-bond acceptors (Lipinski definition) is 4. The van der Waals surface area contributed by atoms with E-state index < -0.39 is 11.7 Å². The molecule has 98 valence electrons. The first kappa shape index (κ1) is 13.3. The molecule has 1 heterocycles. The van der Waals surface area contributed by atoms with Crippen LogP contribution in [0.15, 0.2) is 36.7 Å². The van der Waals surface area contributed by atoms with Gasteiger partial charge in [0.15, 0.2) is 0 Å². The quantitative estimate of drug-likeness (QED) is 0.596.